The number of hydrogen-bond acceptors (Lipinski definition) is 2. The van der Waals surface area contributed by atoms with E-state index in [4.69, 9.17) is 0 Å². The van der Waals surface area contributed by atoms with Crippen LogP contribution in [0.3, 0.4) is 0 Å². The second-order valence-corrected chi connectivity index (χ2v) is 7.11. The number of nitrogens with zero attached hydrogens (tertiary/aromatic N) is 2. The van der Waals surface area contributed by atoms with Gasteiger partial charge in [-0.05, 0) is 54.2 Å². The van der Waals surface area contributed by atoms with Gasteiger partial charge in [-0.15, -0.1) is 0 Å². The first kappa shape index (κ1) is 14.1. The van der Waals surface area contributed by atoms with E-state index in [2.05, 4.69) is 42.9 Å². The molecule has 0 spiro atoms. The lowest BCUT2D eigenvalue weighted by Crippen LogP contribution is -2.47. The molecule has 20 heavy (non-hydrogen) atoms. The summed E-state index contributed by atoms with van der Waals surface area (Å²) in [6, 6.07) is 2.97. The average Bonchev–Trinajstić information content (AvgIpc) is 2.75. The normalized spacial score (nSPS) is 34.1. The van der Waals surface area contributed by atoms with Gasteiger partial charge >= 0.3 is 0 Å². The Balaban J connectivity index is 1.80. The second-order valence-electron chi connectivity index (χ2n) is 7.11. The van der Waals surface area contributed by atoms with Gasteiger partial charge in [-0.25, -0.2) is 0 Å². The summed E-state index contributed by atoms with van der Waals surface area (Å²) in [5.74, 6) is 0.864. The third kappa shape index (κ3) is 2.28. The minimum atomic E-state index is 0.508. The highest BCUT2D eigenvalue weighted by atomic mass is 15.2. The summed E-state index contributed by atoms with van der Waals surface area (Å²) in [4.78, 5) is 7.07. The van der Waals surface area contributed by atoms with Gasteiger partial charge in [0.1, 0.15) is 0 Å². The summed E-state index contributed by atoms with van der Waals surface area (Å²) in [5.41, 5.74) is 3.48. The lowest BCUT2D eigenvalue weighted by molar-refractivity contribution is 0.0586. The minimum absolute atomic E-state index is 0.508. The maximum Gasteiger partial charge on any atom is 0.0315 e. The molecule has 1 aliphatic carbocycles. The van der Waals surface area contributed by atoms with Gasteiger partial charge in [-0.2, -0.15) is 0 Å². The molecule has 2 heterocycles. The van der Waals surface area contributed by atoms with E-state index in [0.29, 0.717) is 5.41 Å². The van der Waals surface area contributed by atoms with Crippen LogP contribution in [0, 0.1) is 11.3 Å². The van der Waals surface area contributed by atoms with Crippen molar-refractivity contribution in [3.63, 3.8) is 0 Å². The van der Waals surface area contributed by atoms with Crippen LogP contribution in [-0.4, -0.2) is 22.5 Å². The van der Waals surface area contributed by atoms with Gasteiger partial charge in [0.25, 0.3) is 0 Å². The first-order valence-electron chi connectivity index (χ1n) is 8.31. The molecule has 2 aliphatic rings. The van der Waals surface area contributed by atoms with Crippen LogP contribution in [0.4, 0.5) is 0 Å². The Morgan fingerprint density at radius 1 is 1.35 bits per heavy atom. The zero-order valence-corrected chi connectivity index (χ0v) is 13.2. The third-order valence-electron chi connectivity index (χ3n) is 6.04. The smallest absolute Gasteiger partial charge is 0.0315 e. The van der Waals surface area contributed by atoms with Gasteiger partial charge in [0.15, 0.2) is 0 Å². The lowest BCUT2D eigenvalue weighted by Gasteiger charge is -2.44. The Morgan fingerprint density at radius 2 is 2.20 bits per heavy atom. The molecule has 1 aromatic rings. The van der Waals surface area contributed by atoms with Crippen LogP contribution in [0.5, 0.6) is 0 Å². The molecule has 1 saturated carbocycles. The molecular weight excluding hydrogens is 244 g/mol. The van der Waals surface area contributed by atoms with Crippen LogP contribution < -0.4 is 0 Å². The summed E-state index contributed by atoms with van der Waals surface area (Å²) in [6.07, 6.45) is 10.7. The van der Waals surface area contributed by atoms with E-state index in [9.17, 15) is 0 Å². The maximum atomic E-state index is 4.32. The van der Waals surface area contributed by atoms with Crippen molar-refractivity contribution in [1.29, 1.82) is 0 Å². The van der Waals surface area contributed by atoms with E-state index in [1.54, 1.807) is 0 Å². The van der Waals surface area contributed by atoms with Crippen molar-refractivity contribution in [3.8, 4) is 0 Å². The van der Waals surface area contributed by atoms with Crippen LogP contribution in [-0.2, 0) is 13.0 Å². The Hall–Kier alpha value is -0.890. The Kier molecular flexibility index (Phi) is 3.85. The number of fused-ring (bicyclic) bond motifs is 1. The fourth-order valence-corrected chi connectivity index (χ4v) is 4.62. The van der Waals surface area contributed by atoms with Gasteiger partial charge in [-0.1, -0.05) is 27.2 Å². The van der Waals surface area contributed by atoms with Crippen LogP contribution in [0.1, 0.15) is 57.6 Å². The highest BCUT2D eigenvalue weighted by Crippen LogP contribution is 2.49. The lowest BCUT2D eigenvalue weighted by atomic mass is 9.73. The first-order chi connectivity index (χ1) is 9.65. The zero-order valence-electron chi connectivity index (χ0n) is 13.2. The Morgan fingerprint density at radius 3 is 3.00 bits per heavy atom. The SMILES string of the molecule is CCCC1(C)C(C)CCC1N1CCc2ccncc2C1. The minimum Gasteiger partial charge on any atom is -0.295 e. The molecular formula is C18H28N2. The summed E-state index contributed by atoms with van der Waals surface area (Å²) >= 11 is 0. The molecule has 0 radical (unpaired) electrons. The van der Waals surface area contributed by atoms with Crippen molar-refractivity contribution in [3.05, 3.63) is 29.6 Å². The van der Waals surface area contributed by atoms with E-state index in [0.717, 1.165) is 18.5 Å². The van der Waals surface area contributed by atoms with Crippen LogP contribution >= 0.6 is 0 Å². The molecule has 1 aliphatic heterocycles. The quantitative estimate of drug-likeness (QED) is 0.825. The molecule has 0 saturated heterocycles. The number of aromatic nitrogens is 1. The molecule has 3 unspecified atom stereocenters. The topological polar surface area (TPSA) is 16.1 Å². The van der Waals surface area contributed by atoms with Gasteiger partial charge in [0.05, 0.1) is 0 Å². The number of hydrogen-bond donors (Lipinski definition) is 0. The standard InChI is InChI=1S/C18H28N2/c1-4-9-18(3)14(2)5-6-17(18)20-11-8-15-7-10-19-12-16(15)13-20/h7,10,12,14,17H,4-6,8-9,11,13H2,1-3H3. The third-order valence-corrected chi connectivity index (χ3v) is 6.04. The van der Waals surface area contributed by atoms with E-state index >= 15 is 0 Å². The summed E-state index contributed by atoms with van der Waals surface area (Å²) in [7, 11) is 0. The predicted molar refractivity (Wildman–Crippen MR) is 83.6 cm³/mol. The van der Waals surface area contributed by atoms with Crippen molar-refractivity contribution < 1.29 is 0 Å². The van der Waals surface area contributed by atoms with E-state index < -0.39 is 0 Å². The molecule has 2 heteroatoms. The number of pyridine rings is 1. The van der Waals surface area contributed by atoms with Crippen molar-refractivity contribution in [1.82, 2.24) is 9.88 Å². The van der Waals surface area contributed by atoms with Gasteiger partial charge < -0.3 is 0 Å². The molecule has 0 amide bonds. The largest absolute Gasteiger partial charge is 0.295 e. The molecule has 3 rings (SSSR count). The van der Waals surface area contributed by atoms with Crippen molar-refractivity contribution in [2.24, 2.45) is 11.3 Å². The molecule has 3 atom stereocenters. The first-order valence-corrected chi connectivity index (χ1v) is 8.31. The van der Waals surface area contributed by atoms with Crippen LogP contribution in [0.15, 0.2) is 18.5 Å². The maximum absolute atomic E-state index is 4.32. The molecule has 0 bridgehead atoms. The summed E-state index contributed by atoms with van der Waals surface area (Å²) in [5, 5.41) is 0. The fraction of sp³-hybridized carbons (Fsp3) is 0.722. The highest BCUT2D eigenvalue weighted by Gasteiger charge is 2.46. The van der Waals surface area contributed by atoms with E-state index in [1.807, 2.05) is 6.20 Å². The zero-order chi connectivity index (χ0) is 14.2. The molecule has 110 valence electrons. The molecule has 2 nitrogen and oxygen atoms in total. The molecule has 1 aromatic heterocycles. The highest BCUT2D eigenvalue weighted by molar-refractivity contribution is 5.26. The fourth-order valence-electron chi connectivity index (χ4n) is 4.62. The van der Waals surface area contributed by atoms with Crippen molar-refractivity contribution in [2.45, 2.75) is 65.5 Å². The monoisotopic (exact) mass is 272 g/mol. The van der Waals surface area contributed by atoms with Crippen molar-refractivity contribution in [2.75, 3.05) is 6.54 Å². The molecule has 1 fully saturated rings. The second kappa shape index (κ2) is 5.48. The van der Waals surface area contributed by atoms with Crippen LogP contribution in [0.25, 0.3) is 0 Å². The van der Waals surface area contributed by atoms with Gasteiger partial charge in [0.2, 0.25) is 0 Å². The number of rotatable bonds is 3. The van der Waals surface area contributed by atoms with Gasteiger partial charge in [0, 0.05) is 31.5 Å². The van der Waals surface area contributed by atoms with Gasteiger partial charge in [-0.3, -0.25) is 9.88 Å². The Bertz CT molecular complexity index is 470. The van der Waals surface area contributed by atoms with Crippen LogP contribution in [0.2, 0.25) is 0 Å². The molecule has 0 aromatic carbocycles. The van der Waals surface area contributed by atoms with Crippen molar-refractivity contribution >= 4 is 0 Å². The van der Waals surface area contributed by atoms with E-state index in [-0.39, 0.29) is 0 Å². The average molecular weight is 272 g/mol. The molecule has 0 N–H and O–H groups in total. The Labute approximate surface area is 123 Å². The van der Waals surface area contributed by atoms with E-state index in [1.165, 1.54) is 49.8 Å². The predicted octanol–water partition coefficient (Wildman–Crippen LogP) is 4.04. The summed E-state index contributed by atoms with van der Waals surface area (Å²) in [6.45, 7) is 9.68. The summed E-state index contributed by atoms with van der Waals surface area (Å²) < 4.78 is 0.